The fourth-order valence-electron chi connectivity index (χ4n) is 3.36. The number of ether oxygens (including phenoxy) is 1. The Hall–Kier alpha value is -4.14. The molecule has 9 nitrogen and oxygen atoms in total. The van der Waals surface area contributed by atoms with Gasteiger partial charge in [-0.05, 0) is 49.6 Å². The standard InChI is InChI=1S/C23H22N6O3/c1-14-5-8-16(12-17(14)24-23(31)18-4-3-11-28(18)2)32-21-10-9-20-25-19(13-29(20)27-21)26-22(30)15-6-7-15/h3-5,8-13,15H,6-7H2,1-2H3,(H,24,31)(H,26,30). The van der Waals surface area contributed by atoms with E-state index in [9.17, 15) is 9.59 Å². The Bertz CT molecular complexity index is 1330. The predicted octanol–water partition coefficient (Wildman–Crippen LogP) is 3.77. The highest BCUT2D eigenvalue weighted by atomic mass is 16.5. The Labute approximate surface area is 184 Å². The molecule has 0 unspecified atom stereocenters. The number of amides is 2. The number of hydrogen-bond donors (Lipinski definition) is 2. The minimum Gasteiger partial charge on any atom is -0.438 e. The van der Waals surface area contributed by atoms with Crippen LogP contribution in [0.3, 0.4) is 0 Å². The zero-order valence-electron chi connectivity index (χ0n) is 17.7. The Kier molecular flexibility index (Phi) is 4.85. The van der Waals surface area contributed by atoms with E-state index in [1.165, 1.54) is 0 Å². The van der Waals surface area contributed by atoms with Crippen LogP contribution < -0.4 is 15.4 Å². The number of fused-ring (bicyclic) bond motifs is 1. The molecule has 1 saturated carbocycles. The molecule has 1 aliphatic carbocycles. The van der Waals surface area contributed by atoms with Crippen molar-refractivity contribution >= 4 is 29.0 Å². The van der Waals surface area contributed by atoms with Crippen LogP contribution >= 0.6 is 0 Å². The minimum absolute atomic E-state index is 0.00514. The number of carbonyl (C=O) groups excluding carboxylic acids is 2. The molecule has 0 saturated heterocycles. The van der Waals surface area contributed by atoms with Crippen LogP contribution in [-0.4, -0.2) is 31.0 Å². The minimum atomic E-state index is -0.198. The van der Waals surface area contributed by atoms with Crippen molar-refractivity contribution < 1.29 is 14.3 Å². The largest absolute Gasteiger partial charge is 0.438 e. The molecule has 2 N–H and O–H groups in total. The lowest BCUT2D eigenvalue weighted by Crippen LogP contribution is -2.16. The highest BCUT2D eigenvalue weighted by molar-refractivity contribution is 6.03. The fourth-order valence-corrected chi connectivity index (χ4v) is 3.36. The van der Waals surface area contributed by atoms with Crippen molar-refractivity contribution in [1.82, 2.24) is 19.2 Å². The van der Waals surface area contributed by atoms with Crippen LogP contribution in [0.2, 0.25) is 0 Å². The molecule has 0 radical (unpaired) electrons. The van der Waals surface area contributed by atoms with Crippen LogP contribution in [0.25, 0.3) is 5.65 Å². The van der Waals surface area contributed by atoms with Crippen molar-refractivity contribution in [3.63, 3.8) is 0 Å². The van der Waals surface area contributed by atoms with Gasteiger partial charge in [0, 0.05) is 37.0 Å². The van der Waals surface area contributed by atoms with Gasteiger partial charge in [0.15, 0.2) is 11.5 Å². The maximum atomic E-state index is 12.6. The van der Waals surface area contributed by atoms with Crippen LogP contribution in [-0.2, 0) is 11.8 Å². The molecule has 5 rings (SSSR count). The third-order valence-corrected chi connectivity index (χ3v) is 5.35. The molecule has 1 aliphatic rings. The Balaban J connectivity index is 1.33. The Morgan fingerprint density at radius 3 is 2.72 bits per heavy atom. The third-order valence-electron chi connectivity index (χ3n) is 5.35. The molecule has 1 aromatic carbocycles. The lowest BCUT2D eigenvalue weighted by molar-refractivity contribution is -0.117. The zero-order valence-corrected chi connectivity index (χ0v) is 17.7. The van der Waals surface area contributed by atoms with E-state index < -0.39 is 0 Å². The molecule has 1 fully saturated rings. The van der Waals surface area contributed by atoms with Gasteiger partial charge in [-0.1, -0.05) is 6.07 Å². The smallest absolute Gasteiger partial charge is 0.272 e. The average molecular weight is 430 g/mol. The van der Waals surface area contributed by atoms with Crippen LogP contribution in [0.1, 0.15) is 28.9 Å². The summed E-state index contributed by atoms with van der Waals surface area (Å²) in [7, 11) is 1.82. The highest BCUT2D eigenvalue weighted by Crippen LogP contribution is 2.30. The molecule has 0 aliphatic heterocycles. The first-order valence-corrected chi connectivity index (χ1v) is 10.3. The number of aryl methyl sites for hydroxylation is 2. The summed E-state index contributed by atoms with van der Waals surface area (Å²) in [5.41, 5.74) is 2.73. The Morgan fingerprint density at radius 2 is 1.97 bits per heavy atom. The van der Waals surface area contributed by atoms with Crippen molar-refractivity contribution in [3.8, 4) is 11.6 Å². The summed E-state index contributed by atoms with van der Waals surface area (Å²) in [6, 6.07) is 12.5. The number of rotatable bonds is 6. The van der Waals surface area contributed by atoms with Gasteiger partial charge in [0.2, 0.25) is 11.8 Å². The first-order valence-electron chi connectivity index (χ1n) is 10.3. The van der Waals surface area contributed by atoms with Crippen LogP contribution in [0, 0.1) is 12.8 Å². The fraction of sp³-hybridized carbons (Fsp3) is 0.217. The van der Waals surface area contributed by atoms with Crippen LogP contribution in [0.15, 0.2) is 54.9 Å². The second-order valence-electron chi connectivity index (χ2n) is 7.90. The van der Waals surface area contributed by atoms with Crippen LogP contribution in [0.4, 0.5) is 11.5 Å². The van der Waals surface area contributed by atoms with E-state index in [4.69, 9.17) is 4.74 Å². The molecule has 0 spiro atoms. The van der Waals surface area contributed by atoms with Gasteiger partial charge >= 0.3 is 0 Å². The molecule has 3 aromatic heterocycles. The van der Waals surface area contributed by atoms with Crippen molar-refractivity contribution in [3.05, 3.63) is 66.1 Å². The molecule has 4 aromatic rings. The number of nitrogens with zero attached hydrogens (tertiary/aromatic N) is 4. The van der Waals surface area contributed by atoms with Gasteiger partial charge in [-0.15, -0.1) is 5.10 Å². The van der Waals surface area contributed by atoms with Gasteiger partial charge in [0.25, 0.3) is 5.91 Å². The molecular formula is C23H22N6O3. The summed E-state index contributed by atoms with van der Waals surface area (Å²) in [6.07, 6.45) is 5.34. The van der Waals surface area contributed by atoms with E-state index in [0.29, 0.717) is 34.5 Å². The first kappa shape index (κ1) is 19.8. The molecule has 162 valence electrons. The number of anilines is 2. The summed E-state index contributed by atoms with van der Waals surface area (Å²) < 4.78 is 9.23. The summed E-state index contributed by atoms with van der Waals surface area (Å²) >= 11 is 0. The molecule has 0 bridgehead atoms. The quantitative estimate of drug-likeness (QED) is 0.485. The van der Waals surface area contributed by atoms with E-state index in [1.807, 2.05) is 38.4 Å². The number of carbonyl (C=O) groups is 2. The van der Waals surface area contributed by atoms with Crippen molar-refractivity contribution in [2.24, 2.45) is 13.0 Å². The van der Waals surface area contributed by atoms with Crippen molar-refractivity contribution in [1.29, 1.82) is 0 Å². The lowest BCUT2D eigenvalue weighted by atomic mass is 10.2. The van der Waals surface area contributed by atoms with Gasteiger partial charge < -0.3 is 19.9 Å². The van der Waals surface area contributed by atoms with Gasteiger partial charge in [-0.3, -0.25) is 9.59 Å². The van der Waals surface area contributed by atoms with E-state index in [1.54, 1.807) is 39.5 Å². The molecule has 0 atom stereocenters. The van der Waals surface area contributed by atoms with Crippen molar-refractivity contribution in [2.45, 2.75) is 19.8 Å². The number of imidazole rings is 1. The molecule has 32 heavy (non-hydrogen) atoms. The van der Waals surface area contributed by atoms with E-state index in [2.05, 4.69) is 20.7 Å². The monoisotopic (exact) mass is 430 g/mol. The number of aromatic nitrogens is 4. The normalized spacial score (nSPS) is 13.2. The number of benzene rings is 1. The zero-order chi connectivity index (χ0) is 22.2. The summed E-state index contributed by atoms with van der Waals surface area (Å²) in [5, 5.41) is 10.2. The second-order valence-corrected chi connectivity index (χ2v) is 7.90. The maximum Gasteiger partial charge on any atom is 0.272 e. The molecule has 9 heteroatoms. The van der Waals surface area contributed by atoms with Crippen molar-refractivity contribution in [2.75, 3.05) is 10.6 Å². The third kappa shape index (κ3) is 4.04. The predicted molar refractivity (Wildman–Crippen MR) is 119 cm³/mol. The second kappa shape index (κ2) is 7.84. The van der Waals surface area contributed by atoms with E-state index in [0.717, 1.165) is 18.4 Å². The van der Waals surface area contributed by atoms with Crippen LogP contribution in [0.5, 0.6) is 11.6 Å². The topological polar surface area (TPSA) is 103 Å². The van der Waals surface area contributed by atoms with Gasteiger partial charge in [0.1, 0.15) is 11.4 Å². The SMILES string of the molecule is Cc1ccc(Oc2ccc3nc(NC(=O)C4CC4)cn3n2)cc1NC(=O)c1cccn1C. The van der Waals surface area contributed by atoms with E-state index >= 15 is 0 Å². The maximum absolute atomic E-state index is 12.6. The average Bonchev–Trinajstić information content (AvgIpc) is 3.41. The molecule has 3 heterocycles. The molecular weight excluding hydrogens is 408 g/mol. The van der Waals surface area contributed by atoms with Gasteiger partial charge in [-0.2, -0.15) is 0 Å². The summed E-state index contributed by atoms with van der Waals surface area (Å²) in [4.78, 5) is 28.9. The van der Waals surface area contributed by atoms with E-state index in [-0.39, 0.29) is 17.7 Å². The number of nitrogens with one attached hydrogen (secondary N) is 2. The molecule has 2 amide bonds. The summed E-state index contributed by atoms with van der Waals surface area (Å²) in [5.74, 6) is 1.26. The lowest BCUT2D eigenvalue weighted by Gasteiger charge is -2.11. The Morgan fingerprint density at radius 1 is 1.12 bits per heavy atom. The van der Waals surface area contributed by atoms with Gasteiger partial charge in [-0.25, -0.2) is 9.50 Å². The number of hydrogen-bond acceptors (Lipinski definition) is 5. The van der Waals surface area contributed by atoms with Gasteiger partial charge in [0.05, 0.1) is 6.20 Å². The highest BCUT2D eigenvalue weighted by Gasteiger charge is 2.30. The first-order chi connectivity index (χ1) is 15.5. The summed E-state index contributed by atoms with van der Waals surface area (Å²) in [6.45, 7) is 1.91.